The first-order valence-corrected chi connectivity index (χ1v) is 12.5. The molecule has 12 heteroatoms. The second kappa shape index (κ2) is 10.8. The van der Waals surface area contributed by atoms with Crippen molar-refractivity contribution < 1.29 is 23.3 Å². The zero-order valence-corrected chi connectivity index (χ0v) is 19.4. The lowest BCUT2D eigenvalue weighted by molar-refractivity contribution is -0.117. The molecule has 4 N–H and O–H groups in total. The highest BCUT2D eigenvalue weighted by atomic mass is 32.2. The van der Waals surface area contributed by atoms with Crippen molar-refractivity contribution in [2.75, 3.05) is 13.1 Å². The average molecular weight is 487 g/mol. The molecule has 0 spiro atoms. The molecule has 1 fully saturated rings. The van der Waals surface area contributed by atoms with Crippen molar-refractivity contribution in [3.8, 4) is 18.0 Å². The fourth-order valence-corrected chi connectivity index (χ4v) is 5.40. The molecule has 0 bridgehead atoms. The number of hydrogen-bond donors (Lipinski definition) is 3. The van der Waals surface area contributed by atoms with E-state index in [1.54, 1.807) is 37.3 Å². The molecule has 0 saturated carbocycles. The van der Waals surface area contributed by atoms with Crippen LogP contribution in [-0.2, 0) is 20.3 Å². The number of phosphoric ester groups is 1. The average Bonchev–Trinajstić information content (AvgIpc) is 3.29. The molecule has 2 unspecified atom stereocenters. The minimum atomic E-state index is -4.63. The van der Waals surface area contributed by atoms with Gasteiger partial charge >= 0.3 is 7.82 Å². The molecule has 0 radical (unpaired) electrons. The summed E-state index contributed by atoms with van der Waals surface area (Å²) in [6, 6.07) is 12.6. The molecule has 172 valence electrons. The predicted octanol–water partition coefficient (Wildman–Crippen LogP) is 2.56. The smallest absolute Gasteiger partial charge is 0.384 e. The van der Waals surface area contributed by atoms with Crippen molar-refractivity contribution >= 4 is 25.5 Å². The molecule has 1 aromatic carbocycles. The van der Waals surface area contributed by atoms with Crippen molar-refractivity contribution in [3.05, 3.63) is 52.6 Å². The van der Waals surface area contributed by atoms with Crippen molar-refractivity contribution in [1.82, 2.24) is 10.3 Å². The van der Waals surface area contributed by atoms with E-state index in [0.717, 1.165) is 11.8 Å². The van der Waals surface area contributed by atoms with Crippen LogP contribution >= 0.6 is 19.6 Å². The highest BCUT2D eigenvalue weighted by Gasteiger charge is 2.33. The molecule has 2 heterocycles. The first-order chi connectivity index (χ1) is 15.8. The van der Waals surface area contributed by atoms with E-state index in [-0.39, 0.29) is 28.1 Å². The molecule has 1 saturated heterocycles. The quantitative estimate of drug-likeness (QED) is 0.352. The summed E-state index contributed by atoms with van der Waals surface area (Å²) in [6.45, 7) is 2.74. The van der Waals surface area contributed by atoms with E-state index in [9.17, 15) is 24.8 Å². The van der Waals surface area contributed by atoms with Crippen LogP contribution in [0.5, 0.6) is 5.88 Å². The Morgan fingerprint density at radius 3 is 2.61 bits per heavy atom. The molecule has 1 aliphatic rings. The molecule has 2 aromatic rings. The Balaban J connectivity index is 2.04. The number of primary amides is 1. The van der Waals surface area contributed by atoms with Gasteiger partial charge in [-0.2, -0.15) is 10.5 Å². The minimum absolute atomic E-state index is 0.0542. The van der Waals surface area contributed by atoms with Crippen LogP contribution in [0.1, 0.15) is 40.8 Å². The van der Waals surface area contributed by atoms with Crippen LogP contribution < -0.4 is 15.6 Å². The molecule has 1 aromatic heterocycles. The van der Waals surface area contributed by atoms with Gasteiger partial charge in [-0.05, 0) is 30.5 Å². The largest absolute Gasteiger partial charge is 0.529 e. The monoisotopic (exact) mass is 487 g/mol. The first-order valence-electron chi connectivity index (χ1n) is 10.1. The fraction of sp³-hybridized carbons (Fsp3) is 0.333. The van der Waals surface area contributed by atoms with Crippen molar-refractivity contribution in [3.63, 3.8) is 0 Å². The summed E-state index contributed by atoms with van der Waals surface area (Å²) in [4.78, 5) is 26.6. The topological polar surface area (TPSA) is 171 Å². The number of carbonyl (C=O) groups is 1. The van der Waals surface area contributed by atoms with Crippen LogP contribution in [0.4, 0.5) is 0 Å². The van der Waals surface area contributed by atoms with Gasteiger partial charge in [0.05, 0.1) is 11.7 Å². The van der Waals surface area contributed by atoms with Gasteiger partial charge in [0.25, 0.3) is 0 Å². The lowest BCUT2D eigenvalue weighted by atomic mass is 10.0. The third-order valence-electron chi connectivity index (χ3n) is 4.90. The SMILES string of the molecule is CCc1c(C#N)c(OP(=O)(O)OC2CCNC2)nc(S[C@@H](C(N)=O)c2ccccc2)c1C#N. The summed E-state index contributed by atoms with van der Waals surface area (Å²) < 4.78 is 23.0. The summed E-state index contributed by atoms with van der Waals surface area (Å²) in [5, 5.41) is 21.6. The molecule has 3 rings (SSSR count). The Morgan fingerprint density at radius 1 is 1.36 bits per heavy atom. The summed E-state index contributed by atoms with van der Waals surface area (Å²) in [5.74, 6) is -1.10. The Morgan fingerprint density at radius 2 is 2.06 bits per heavy atom. The second-order valence-corrected chi connectivity index (χ2v) is 9.54. The minimum Gasteiger partial charge on any atom is -0.384 e. The second-order valence-electron chi connectivity index (χ2n) is 7.12. The summed E-state index contributed by atoms with van der Waals surface area (Å²) in [6.07, 6.45) is 0.244. The van der Waals surface area contributed by atoms with E-state index in [2.05, 4.69) is 10.3 Å². The van der Waals surface area contributed by atoms with E-state index in [1.165, 1.54) is 0 Å². The molecular weight excluding hydrogens is 465 g/mol. The number of phosphoric acid groups is 1. The molecule has 33 heavy (non-hydrogen) atoms. The van der Waals surface area contributed by atoms with Crippen LogP contribution in [-0.4, -0.2) is 35.0 Å². The van der Waals surface area contributed by atoms with Crippen LogP contribution in [0.3, 0.4) is 0 Å². The van der Waals surface area contributed by atoms with E-state index in [1.807, 2.05) is 12.1 Å². The number of nitrogens with one attached hydrogen (secondary N) is 1. The summed E-state index contributed by atoms with van der Waals surface area (Å²) in [7, 11) is -4.63. The molecule has 0 aliphatic carbocycles. The standard InChI is InChI=1S/C21H22N5O5PS/c1-2-15-16(10-22)20(31-32(28,29)30-14-8-9-25-12-14)26-21(17(15)11-23)33-18(19(24)27)13-6-4-3-5-7-13/h3-7,14,18,25H,2,8-9,12H2,1H3,(H2,24,27)(H,28,29)/t14?,18-/m1/s1. The van der Waals surface area contributed by atoms with Gasteiger partial charge in [-0.3, -0.25) is 14.2 Å². The van der Waals surface area contributed by atoms with Gasteiger partial charge in [0.15, 0.2) is 0 Å². The first kappa shape index (κ1) is 24.7. The van der Waals surface area contributed by atoms with Gasteiger partial charge in [0.1, 0.15) is 28.0 Å². The zero-order valence-electron chi connectivity index (χ0n) is 17.7. The Labute approximate surface area is 195 Å². The number of thioether (sulfide) groups is 1. The lowest BCUT2D eigenvalue weighted by Gasteiger charge is -2.20. The maximum absolute atomic E-state index is 12.6. The van der Waals surface area contributed by atoms with E-state index >= 15 is 0 Å². The summed E-state index contributed by atoms with van der Waals surface area (Å²) >= 11 is 0.903. The van der Waals surface area contributed by atoms with Crippen molar-refractivity contribution in [2.24, 2.45) is 5.73 Å². The maximum Gasteiger partial charge on any atom is 0.529 e. The molecule has 1 aliphatic heterocycles. The highest BCUT2D eigenvalue weighted by Crippen LogP contribution is 2.48. The third kappa shape index (κ3) is 5.91. The number of benzene rings is 1. The number of amides is 1. The number of aromatic nitrogens is 1. The van der Waals surface area contributed by atoms with E-state index in [0.29, 0.717) is 25.1 Å². The van der Waals surface area contributed by atoms with Gasteiger partial charge in [0.2, 0.25) is 11.8 Å². The van der Waals surface area contributed by atoms with Gasteiger partial charge < -0.3 is 15.6 Å². The summed E-state index contributed by atoms with van der Waals surface area (Å²) in [5.41, 5.74) is 6.41. The van der Waals surface area contributed by atoms with Gasteiger partial charge in [-0.25, -0.2) is 9.55 Å². The van der Waals surface area contributed by atoms with Crippen molar-refractivity contribution in [2.45, 2.75) is 36.1 Å². The molecule has 3 atom stereocenters. The van der Waals surface area contributed by atoms with Crippen LogP contribution in [0.15, 0.2) is 35.4 Å². The Kier molecular flexibility index (Phi) is 8.09. The molecule has 1 amide bonds. The van der Waals surface area contributed by atoms with E-state index in [4.69, 9.17) is 14.8 Å². The maximum atomic E-state index is 12.6. The Hall–Kier alpha value is -2.92. The van der Waals surface area contributed by atoms with Gasteiger partial charge in [-0.1, -0.05) is 49.0 Å². The van der Waals surface area contributed by atoms with Crippen molar-refractivity contribution in [1.29, 1.82) is 10.5 Å². The van der Waals surface area contributed by atoms with Gasteiger partial charge in [0, 0.05) is 6.54 Å². The lowest BCUT2D eigenvalue weighted by Crippen LogP contribution is -2.19. The third-order valence-corrected chi connectivity index (χ3v) is 7.13. The van der Waals surface area contributed by atoms with Crippen LogP contribution in [0, 0.1) is 22.7 Å². The number of nitrogens with zero attached hydrogens (tertiary/aromatic N) is 3. The molecular formula is C21H22N5O5PS. The normalized spacial score (nSPS) is 18.0. The number of pyridine rings is 1. The predicted molar refractivity (Wildman–Crippen MR) is 120 cm³/mol. The zero-order chi connectivity index (χ0) is 24.0. The Bertz CT molecular complexity index is 1160. The highest BCUT2D eigenvalue weighted by molar-refractivity contribution is 8.00. The number of nitriles is 2. The van der Waals surface area contributed by atoms with E-state index < -0.39 is 31.0 Å². The number of carbonyl (C=O) groups excluding carboxylic acids is 1. The number of hydrogen-bond acceptors (Lipinski definition) is 9. The van der Waals surface area contributed by atoms with Crippen LogP contribution in [0.25, 0.3) is 0 Å². The van der Waals surface area contributed by atoms with Gasteiger partial charge in [-0.15, -0.1) is 0 Å². The fourth-order valence-electron chi connectivity index (χ4n) is 3.39. The van der Waals surface area contributed by atoms with Crippen LogP contribution in [0.2, 0.25) is 0 Å². The molecule has 10 nitrogen and oxygen atoms in total. The number of nitrogens with two attached hydrogens (primary N) is 1. The number of rotatable bonds is 9.